The number of nitrogens with two attached hydrogens (primary N) is 1. The molecule has 142 valence electrons. The molecule has 0 unspecified atom stereocenters. The lowest BCUT2D eigenvalue weighted by atomic mass is 10.2. The number of carbonyl (C=O) groups is 1. The molecule has 0 bridgehead atoms. The molecule has 0 saturated heterocycles. The van der Waals surface area contributed by atoms with Crippen LogP contribution in [-0.2, 0) is 24.4 Å². The average Bonchev–Trinajstić information content (AvgIpc) is 3.33. The van der Waals surface area contributed by atoms with Crippen molar-refractivity contribution in [2.75, 3.05) is 0 Å². The van der Waals surface area contributed by atoms with Crippen molar-refractivity contribution in [1.82, 2.24) is 18.7 Å². The van der Waals surface area contributed by atoms with Gasteiger partial charge in [-0.2, -0.15) is 0 Å². The van der Waals surface area contributed by atoms with Crippen molar-refractivity contribution < 1.29 is 9.21 Å². The Balaban J connectivity index is 1.94. The fourth-order valence-corrected chi connectivity index (χ4v) is 3.13. The third kappa shape index (κ3) is 3.13. The van der Waals surface area contributed by atoms with Crippen LogP contribution in [0.4, 0.5) is 0 Å². The molecule has 28 heavy (non-hydrogen) atoms. The fraction of sp³-hybridized carbons (Fsp3) is 0.158. The minimum atomic E-state index is -0.776. The molecule has 3 aromatic heterocycles. The maximum atomic E-state index is 13.0. The zero-order valence-corrected chi connectivity index (χ0v) is 14.8. The molecule has 9 heteroatoms. The van der Waals surface area contributed by atoms with Gasteiger partial charge in [0.05, 0.1) is 25.7 Å². The molecule has 2 N–H and O–H groups in total. The number of aromatic nitrogens is 4. The summed E-state index contributed by atoms with van der Waals surface area (Å²) in [6, 6.07) is 12.8. The first-order valence-electron chi connectivity index (χ1n) is 8.57. The molecule has 1 aromatic carbocycles. The summed E-state index contributed by atoms with van der Waals surface area (Å²) in [5, 5.41) is 0. The van der Waals surface area contributed by atoms with Gasteiger partial charge in [-0.15, -0.1) is 0 Å². The normalized spacial score (nSPS) is 11.1. The number of furan rings is 1. The van der Waals surface area contributed by atoms with E-state index < -0.39 is 23.7 Å². The molecule has 0 spiro atoms. The highest BCUT2D eigenvalue weighted by Gasteiger charge is 2.19. The summed E-state index contributed by atoms with van der Waals surface area (Å²) in [5.74, 6) is -0.150. The first-order chi connectivity index (χ1) is 13.5. The summed E-state index contributed by atoms with van der Waals surface area (Å²) < 4.78 is 9.14. The van der Waals surface area contributed by atoms with Gasteiger partial charge in [-0.3, -0.25) is 14.2 Å². The minimum absolute atomic E-state index is 0.201. The largest absolute Gasteiger partial charge is 0.467 e. The number of benzene rings is 1. The van der Waals surface area contributed by atoms with Gasteiger partial charge in [0, 0.05) is 0 Å². The molecule has 4 rings (SSSR count). The predicted octanol–water partition coefficient (Wildman–Crippen LogP) is 0.535. The lowest BCUT2D eigenvalue weighted by Crippen LogP contribution is -2.43. The Bertz CT molecular complexity index is 1250. The first-order valence-corrected chi connectivity index (χ1v) is 8.57. The average molecular weight is 379 g/mol. The van der Waals surface area contributed by atoms with Gasteiger partial charge in [0.1, 0.15) is 12.3 Å². The van der Waals surface area contributed by atoms with Gasteiger partial charge < -0.3 is 14.7 Å². The Hall–Kier alpha value is -3.88. The highest BCUT2D eigenvalue weighted by atomic mass is 16.3. The van der Waals surface area contributed by atoms with E-state index in [1.807, 2.05) is 30.3 Å². The Morgan fingerprint density at radius 1 is 1.04 bits per heavy atom. The summed E-state index contributed by atoms with van der Waals surface area (Å²) in [4.78, 5) is 41.6. The van der Waals surface area contributed by atoms with E-state index in [1.54, 1.807) is 16.7 Å². The van der Waals surface area contributed by atoms with E-state index in [9.17, 15) is 14.4 Å². The maximum Gasteiger partial charge on any atom is 0.333 e. The van der Waals surface area contributed by atoms with Gasteiger partial charge in [0.15, 0.2) is 11.2 Å². The third-order valence-electron chi connectivity index (χ3n) is 4.39. The Kier molecular flexibility index (Phi) is 4.40. The van der Waals surface area contributed by atoms with Crippen LogP contribution < -0.4 is 17.0 Å². The number of fused-ring (bicyclic) bond motifs is 1. The molecule has 3 heterocycles. The van der Waals surface area contributed by atoms with Crippen LogP contribution in [0.1, 0.15) is 11.3 Å². The number of nitrogens with zero attached hydrogens (tertiary/aromatic N) is 4. The molecule has 0 aliphatic rings. The number of imidazole rings is 1. The van der Waals surface area contributed by atoms with Crippen LogP contribution in [-0.4, -0.2) is 24.6 Å². The molecule has 1 amide bonds. The van der Waals surface area contributed by atoms with Crippen molar-refractivity contribution in [3.8, 4) is 0 Å². The predicted molar refractivity (Wildman–Crippen MR) is 101 cm³/mol. The van der Waals surface area contributed by atoms with Crippen molar-refractivity contribution in [1.29, 1.82) is 0 Å². The van der Waals surface area contributed by atoms with Gasteiger partial charge in [-0.05, 0) is 17.7 Å². The minimum Gasteiger partial charge on any atom is -0.467 e. The van der Waals surface area contributed by atoms with E-state index >= 15 is 0 Å². The second kappa shape index (κ2) is 7.03. The summed E-state index contributed by atoms with van der Waals surface area (Å²) in [7, 11) is 0. The van der Waals surface area contributed by atoms with Crippen molar-refractivity contribution >= 4 is 17.1 Å². The van der Waals surface area contributed by atoms with Gasteiger partial charge >= 0.3 is 5.69 Å². The van der Waals surface area contributed by atoms with Crippen molar-refractivity contribution in [2.45, 2.75) is 19.6 Å². The smallest absolute Gasteiger partial charge is 0.333 e. The zero-order chi connectivity index (χ0) is 19.7. The number of amides is 1. The van der Waals surface area contributed by atoms with Crippen LogP contribution in [0.3, 0.4) is 0 Å². The Morgan fingerprint density at radius 2 is 1.82 bits per heavy atom. The lowest BCUT2D eigenvalue weighted by molar-refractivity contribution is -0.118. The molecule has 0 atom stereocenters. The molecule has 0 radical (unpaired) electrons. The number of hydrogen-bond acceptors (Lipinski definition) is 5. The summed E-state index contributed by atoms with van der Waals surface area (Å²) in [5.41, 5.74) is 5.29. The summed E-state index contributed by atoms with van der Waals surface area (Å²) in [6.45, 7) is -0.0415. The number of hydrogen-bond donors (Lipinski definition) is 1. The molecule has 4 aromatic rings. The monoisotopic (exact) mass is 379 g/mol. The van der Waals surface area contributed by atoms with Crippen LogP contribution in [0.5, 0.6) is 0 Å². The van der Waals surface area contributed by atoms with Gasteiger partial charge in [0.25, 0.3) is 5.56 Å². The molecule has 0 aliphatic carbocycles. The zero-order valence-electron chi connectivity index (χ0n) is 14.8. The van der Waals surface area contributed by atoms with Crippen LogP contribution >= 0.6 is 0 Å². The van der Waals surface area contributed by atoms with E-state index in [-0.39, 0.29) is 24.3 Å². The van der Waals surface area contributed by atoms with Gasteiger partial charge in [-0.1, -0.05) is 30.3 Å². The van der Waals surface area contributed by atoms with Crippen LogP contribution in [0.15, 0.2) is 69.1 Å². The maximum absolute atomic E-state index is 13.0. The second-order valence-corrected chi connectivity index (χ2v) is 6.34. The molecule has 9 nitrogen and oxygen atoms in total. The third-order valence-corrected chi connectivity index (χ3v) is 4.39. The first kappa shape index (κ1) is 17.5. The SMILES string of the molecule is NC(=O)Cn1c(=O)c2c(ncn2Cc2ccco2)n(Cc2ccccc2)c1=O. The molecule has 0 aliphatic heterocycles. The number of rotatable bonds is 6. The Labute approximate surface area is 158 Å². The highest BCUT2D eigenvalue weighted by molar-refractivity contribution is 5.75. The van der Waals surface area contributed by atoms with E-state index in [4.69, 9.17) is 10.2 Å². The fourth-order valence-electron chi connectivity index (χ4n) is 3.13. The topological polar surface area (TPSA) is 118 Å². The van der Waals surface area contributed by atoms with E-state index in [2.05, 4.69) is 4.98 Å². The standard InChI is InChI=1S/C19H17N5O4/c20-15(25)11-24-18(26)16-17(21-12-22(16)10-14-7-4-8-28-14)23(19(24)27)9-13-5-2-1-3-6-13/h1-8,12H,9-11H2,(H2,20,25). The highest BCUT2D eigenvalue weighted by Crippen LogP contribution is 2.12. The molecule has 0 saturated carbocycles. The molecular formula is C19H17N5O4. The van der Waals surface area contributed by atoms with Crippen molar-refractivity contribution in [3.63, 3.8) is 0 Å². The molecule has 0 fully saturated rings. The van der Waals surface area contributed by atoms with E-state index in [0.717, 1.165) is 10.1 Å². The second-order valence-electron chi connectivity index (χ2n) is 6.34. The van der Waals surface area contributed by atoms with E-state index in [0.29, 0.717) is 5.76 Å². The number of primary amides is 1. The quantitative estimate of drug-likeness (QED) is 0.524. The number of carbonyl (C=O) groups excluding carboxylic acids is 1. The lowest BCUT2D eigenvalue weighted by Gasteiger charge is -2.11. The van der Waals surface area contributed by atoms with Gasteiger partial charge in [0.2, 0.25) is 5.91 Å². The van der Waals surface area contributed by atoms with Crippen molar-refractivity contribution in [2.24, 2.45) is 5.73 Å². The van der Waals surface area contributed by atoms with E-state index in [1.165, 1.54) is 17.2 Å². The van der Waals surface area contributed by atoms with Gasteiger partial charge in [-0.25, -0.2) is 14.3 Å². The van der Waals surface area contributed by atoms with Crippen LogP contribution in [0.25, 0.3) is 11.2 Å². The van der Waals surface area contributed by atoms with Crippen LogP contribution in [0, 0.1) is 0 Å². The summed E-state index contributed by atoms with van der Waals surface area (Å²) >= 11 is 0. The van der Waals surface area contributed by atoms with Crippen LogP contribution in [0.2, 0.25) is 0 Å². The summed E-state index contributed by atoms with van der Waals surface area (Å²) in [6.07, 6.45) is 3.01. The van der Waals surface area contributed by atoms with Crippen molar-refractivity contribution in [3.05, 3.63) is 87.2 Å². The molecular weight excluding hydrogens is 362 g/mol. The Morgan fingerprint density at radius 3 is 2.50 bits per heavy atom.